The number of piperidine rings is 1. The van der Waals surface area contributed by atoms with Gasteiger partial charge in [0, 0.05) is 6.04 Å². The number of likely N-dealkylation sites (tertiary alicyclic amines) is 1. The van der Waals surface area contributed by atoms with Crippen LogP contribution in [0.25, 0.3) is 0 Å². The summed E-state index contributed by atoms with van der Waals surface area (Å²) in [6.45, 7) is 7.02. The molecular weight excluding hydrogens is 186 g/mol. The minimum atomic E-state index is -0.259. The molecule has 2 fully saturated rings. The van der Waals surface area contributed by atoms with Crippen LogP contribution >= 0.6 is 0 Å². The zero-order valence-electron chi connectivity index (χ0n) is 10.2. The molecule has 2 heteroatoms. The molecule has 2 aliphatic rings. The zero-order valence-corrected chi connectivity index (χ0v) is 10.2. The van der Waals surface area contributed by atoms with Gasteiger partial charge in [-0.05, 0) is 71.4 Å². The molecule has 0 atom stereocenters. The van der Waals surface area contributed by atoms with E-state index in [0.717, 1.165) is 25.2 Å². The lowest BCUT2D eigenvalue weighted by molar-refractivity contribution is -0.0591. The van der Waals surface area contributed by atoms with Crippen molar-refractivity contribution in [3.05, 3.63) is 0 Å². The quantitative estimate of drug-likeness (QED) is 0.775. The van der Waals surface area contributed by atoms with Crippen molar-refractivity contribution in [1.29, 1.82) is 0 Å². The standard InChI is InChI=1S/C13H25NO/c1-11(2)14-8-4-12(5-9-14)10-13(15)6-3-7-13/h11-12,15H,3-10H2,1-2H3. The van der Waals surface area contributed by atoms with Crippen LogP contribution in [-0.4, -0.2) is 34.7 Å². The minimum Gasteiger partial charge on any atom is -0.390 e. The molecule has 0 bridgehead atoms. The predicted octanol–water partition coefficient (Wildman–Crippen LogP) is 2.41. The Balaban J connectivity index is 1.73. The third-order valence-corrected chi connectivity index (χ3v) is 4.33. The molecule has 1 aliphatic carbocycles. The van der Waals surface area contributed by atoms with E-state index in [9.17, 15) is 5.11 Å². The fraction of sp³-hybridized carbons (Fsp3) is 1.00. The highest BCUT2D eigenvalue weighted by Gasteiger charge is 2.37. The van der Waals surface area contributed by atoms with Gasteiger partial charge in [0.2, 0.25) is 0 Å². The molecule has 1 heterocycles. The van der Waals surface area contributed by atoms with Crippen LogP contribution in [0.15, 0.2) is 0 Å². The second-order valence-corrected chi connectivity index (χ2v) is 5.86. The van der Waals surface area contributed by atoms with Gasteiger partial charge in [0.15, 0.2) is 0 Å². The van der Waals surface area contributed by atoms with Crippen LogP contribution < -0.4 is 0 Å². The molecule has 0 spiro atoms. The van der Waals surface area contributed by atoms with Crippen molar-refractivity contribution in [3.8, 4) is 0 Å². The molecule has 1 aliphatic heterocycles. The topological polar surface area (TPSA) is 23.5 Å². The minimum absolute atomic E-state index is 0.259. The van der Waals surface area contributed by atoms with Crippen molar-refractivity contribution < 1.29 is 5.11 Å². The van der Waals surface area contributed by atoms with E-state index in [1.165, 1.54) is 32.4 Å². The Bertz CT molecular complexity index is 203. The largest absolute Gasteiger partial charge is 0.390 e. The molecule has 0 aromatic rings. The molecule has 1 saturated heterocycles. The van der Waals surface area contributed by atoms with Gasteiger partial charge in [0.25, 0.3) is 0 Å². The average molecular weight is 211 g/mol. The fourth-order valence-corrected chi connectivity index (χ4v) is 3.00. The Morgan fingerprint density at radius 1 is 1.27 bits per heavy atom. The van der Waals surface area contributed by atoms with Crippen molar-refractivity contribution in [2.24, 2.45) is 5.92 Å². The summed E-state index contributed by atoms with van der Waals surface area (Å²) in [5.74, 6) is 0.783. The summed E-state index contributed by atoms with van der Waals surface area (Å²) < 4.78 is 0. The highest BCUT2D eigenvalue weighted by molar-refractivity contribution is 4.90. The van der Waals surface area contributed by atoms with Gasteiger partial charge in [-0.2, -0.15) is 0 Å². The van der Waals surface area contributed by atoms with E-state index in [0.29, 0.717) is 6.04 Å². The van der Waals surface area contributed by atoms with E-state index >= 15 is 0 Å². The maximum Gasteiger partial charge on any atom is 0.0650 e. The van der Waals surface area contributed by atoms with E-state index < -0.39 is 0 Å². The summed E-state index contributed by atoms with van der Waals surface area (Å²) >= 11 is 0. The summed E-state index contributed by atoms with van der Waals surface area (Å²) in [6, 6.07) is 0.692. The van der Waals surface area contributed by atoms with Crippen LogP contribution in [0, 0.1) is 5.92 Å². The number of hydrogen-bond acceptors (Lipinski definition) is 2. The lowest BCUT2D eigenvalue weighted by Gasteiger charge is -2.42. The van der Waals surface area contributed by atoms with Crippen LogP contribution in [0.5, 0.6) is 0 Å². The summed E-state index contributed by atoms with van der Waals surface area (Å²) in [5, 5.41) is 10.1. The summed E-state index contributed by atoms with van der Waals surface area (Å²) in [6.07, 6.45) is 7.00. The molecule has 2 nitrogen and oxygen atoms in total. The van der Waals surface area contributed by atoms with Crippen molar-refractivity contribution in [1.82, 2.24) is 4.90 Å². The van der Waals surface area contributed by atoms with Gasteiger partial charge in [-0.25, -0.2) is 0 Å². The normalized spacial score (nSPS) is 28.0. The fourth-order valence-electron chi connectivity index (χ4n) is 3.00. The van der Waals surface area contributed by atoms with E-state index in [4.69, 9.17) is 0 Å². The monoisotopic (exact) mass is 211 g/mol. The van der Waals surface area contributed by atoms with Crippen LogP contribution in [0.1, 0.15) is 52.4 Å². The average Bonchev–Trinajstić information content (AvgIpc) is 2.16. The molecule has 0 aromatic carbocycles. The maximum atomic E-state index is 10.1. The van der Waals surface area contributed by atoms with Crippen LogP contribution in [-0.2, 0) is 0 Å². The smallest absolute Gasteiger partial charge is 0.0650 e. The highest BCUT2D eigenvalue weighted by atomic mass is 16.3. The first-order valence-electron chi connectivity index (χ1n) is 6.55. The number of aliphatic hydroxyl groups is 1. The Morgan fingerprint density at radius 2 is 1.87 bits per heavy atom. The molecule has 88 valence electrons. The molecule has 0 amide bonds. The third kappa shape index (κ3) is 2.73. The Kier molecular flexibility index (Phi) is 3.36. The van der Waals surface area contributed by atoms with Crippen molar-refractivity contribution in [2.45, 2.75) is 64.0 Å². The Morgan fingerprint density at radius 3 is 2.27 bits per heavy atom. The predicted molar refractivity (Wildman–Crippen MR) is 62.9 cm³/mol. The van der Waals surface area contributed by atoms with E-state index in [2.05, 4.69) is 18.7 Å². The van der Waals surface area contributed by atoms with E-state index in [1.807, 2.05) is 0 Å². The first kappa shape index (κ1) is 11.4. The molecule has 0 unspecified atom stereocenters. The van der Waals surface area contributed by atoms with Gasteiger partial charge in [-0.1, -0.05) is 0 Å². The lowest BCUT2D eigenvalue weighted by Crippen LogP contribution is -2.43. The summed E-state index contributed by atoms with van der Waals surface area (Å²) in [7, 11) is 0. The van der Waals surface area contributed by atoms with Crippen molar-refractivity contribution >= 4 is 0 Å². The Hall–Kier alpha value is -0.0800. The van der Waals surface area contributed by atoms with Gasteiger partial charge < -0.3 is 10.0 Å². The van der Waals surface area contributed by atoms with E-state index in [-0.39, 0.29) is 5.60 Å². The van der Waals surface area contributed by atoms with Crippen LogP contribution in [0.2, 0.25) is 0 Å². The lowest BCUT2D eigenvalue weighted by atomic mass is 9.72. The third-order valence-electron chi connectivity index (χ3n) is 4.33. The molecule has 15 heavy (non-hydrogen) atoms. The molecule has 2 rings (SSSR count). The van der Waals surface area contributed by atoms with Gasteiger partial charge in [0.05, 0.1) is 5.60 Å². The van der Waals surface area contributed by atoms with Crippen molar-refractivity contribution in [3.63, 3.8) is 0 Å². The maximum absolute atomic E-state index is 10.1. The first-order valence-corrected chi connectivity index (χ1v) is 6.55. The molecule has 0 aromatic heterocycles. The molecule has 1 N–H and O–H groups in total. The van der Waals surface area contributed by atoms with Gasteiger partial charge in [-0.15, -0.1) is 0 Å². The second-order valence-electron chi connectivity index (χ2n) is 5.86. The summed E-state index contributed by atoms with van der Waals surface area (Å²) in [5.41, 5.74) is -0.259. The second kappa shape index (κ2) is 4.42. The van der Waals surface area contributed by atoms with Gasteiger partial charge in [0.1, 0.15) is 0 Å². The number of nitrogens with zero attached hydrogens (tertiary/aromatic N) is 1. The highest BCUT2D eigenvalue weighted by Crippen LogP contribution is 2.39. The summed E-state index contributed by atoms with van der Waals surface area (Å²) in [4.78, 5) is 2.56. The van der Waals surface area contributed by atoms with E-state index in [1.54, 1.807) is 0 Å². The molecule has 0 radical (unpaired) electrons. The first-order chi connectivity index (χ1) is 7.09. The Labute approximate surface area is 93.7 Å². The SMILES string of the molecule is CC(C)N1CCC(CC2(O)CCC2)CC1. The number of hydrogen-bond donors (Lipinski definition) is 1. The van der Waals surface area contributed by atoms with Crippen molar-refractivity contribution in [2.75, 3.05) is 13.1 Å². The van der Waals surface area contributed by atoms with Gasteiger partial charge >= 0.3 is 0 Å². The zero-order chi connectivity index (χ0) is 10.9. The number of rotatable bonds is 3. The van der Waals surface area contributed by atoms with Crippen LogP contribution in [0.4, 0.5) is 0 Å². The molecule has 1 saturated carbocycles. The molecular formula is C13H25NO. The van der Waals surface area contributed by atoms with Crippen LogP contribution in [0.3, 0.4) is 0 Å². The van der Waals surface area contributed by atoms with Gasteiger partial charge in [-0.3, -0.25) is 0 Å².